The Hall–Kier alpha value is 1.05. The molecule has 0 atom stereocenters. The van der Waals surface area contributed by atoms with Crippen LogP contribution < -0.4 is 0 Å². The largest absolute Gasteiger partial charge is 0.649 e. The summed E-state index contributed by atoms with van der Waals surface area (Å²) in [7, 11) is 3.30. The predicted molar refractivity (Wildman–Crippen MR) is 26.9 cm³/mol. The van der Waals surface area contributed by atoms with Crippen LogP contribution in [0.3, 0.4) is 0 Å². The average Bonchev–Trinajstić information content (AvgIpc) is 1.41. The third-order valence-corrected chi connectivity index (χ3v) is 0.707. The van der Waals surface area contributed by atoms with Crippen molar-refractivity contribution in [2.45, 2.75) is 0 Å². The number of rotatable bonds is 2. The van der Waals surface area contributed by atoms with Crippen molar-refractivity contribution >= 4 is 34.7 Å². The quantitative estimate of drug-likeness (QED) is 0.418. The van der Waals surface area contributed by atoms with Gasteiger partial charge in [0.25, 0.3) is 0 Å². The second-order valence-corrected chi connectivity index (χ2v) is 2.09. The molecule has 0 heterocycles. The van der Waals surface area contributed by atoms with Crippen LogP contribution in [0, 0.1) is 0 Å². The SMILES string of the molecule is C[O][AlH][O]C.[Li]. The fraction of sp³-hybridized carbons (Fsp3) is 1.00. The second-order valence-electron chi connectivity index (χ2n) is 0.695. The topological polar surface area (TPSA) is 18.5 Å². The molecule has 0 rings (SSSR count). The summed E-state index contributed by atoms with van der Waals surface area (Å²) < 4.78 is 9.22. The van der Waals surface area contributed by atoms with E-state index in [-0.39, 0.29) is 18.9 Å². The first kappa shape index (κ1) is 10.1. The maximum Gasteiger partial charge on any atom is 0.649 e. The van der Waals surface area contributed by atoms with E-state index in [1.807, 2.05) is 0 Å². The first-order valence-corrected chi connectivity index (χ1v) is 2.55. The maximum atomic E-state index is 4.61. The molecule has 4 heteroatoms. The second kappa shape index (κ2) is 9.41. The van der Waals surface area contributed by atoms with E-state index in [0.717, 1.165) is 0 Å². The van der Waals surface area contributed by atoms with Crippen molar-refractivity contribution in [1.82, 2.24) is 0 Å². The predicted octanol–water partition coefficient (Wildman–Crippen LogP) is -0.835. The molecule has 0 unspecified atom stereocenters. The molecule has 0 amide bonds. The Labute approximate surface area is 56.8 Å². The fourth-order valence-electron chi connectivity index (χ4n) is 0.118. The third kappa shape index (κ3) is 8.90. The average molecular weight is 97.0 g/mol. The third-order valence-electron chi connectivity index (χ3n) is 0.236. The molecule has 0 aromatic rings. The van der Waals surface area contributed by atoms with E-state index in [1.165, 1.54) is 0 Å². The van der Waals surface area contributed by atoms with Gasteiger partial charge in [0.15, 0.2) is 0 Å². The molecule has 31 valence electrons. The van der Waals surface area contributed by atoms with E-state index >= 15 is 0 Å². The summed E-state index contributed by atoms with van der Waals surface area (Å²) in [6.45, 7) is 0. The molecule has 0 fully saturated rings. The van der Waals surface area contributed by atoms with Gasteiger partial charge < -0.3 is 7.58 Å². The molecular weight excluding hydrogens is 89.9 g/mol. The van der Waals surface area contributed by atoms with Crippen LogP contribution in [0.25, 0.3) is 0 Å². The fourth-order valence-corrected chi connectivity index (χ4v) is 0.354. The molecule has 0 saturated carbocycles. The Morgan fingerprint density at radius 3 is 1.50 bits per heavy atom. The minimum atomic E-state index is -0.568. The molecule has 0 aliphatic heterocycles. The Morgan fingerprint density at radius 2 is 1.50 bits per heavy atom. The van der Waals surface area contributed by atoms with E-state index in [2.05, 4.69) is 7.58 Å². The van der Waals surface area contributed by atoms with Gasteiger partial charge in [0, 0.05) is 33.1 Å². The van der Waals surface area contributed by atoms with Gasteiger partial charge in [0.1, 0.15) is 0 Å². The van der Waals surface area contributed by atoms with Crippen molar-refractivity contribution in [2.75, 3.05) is 14.2 Å². The first-order valence-electron chi connectivity index (χ1n) is 1.39. The van der Waals surface area contributed by atoms with Crippen molar-refractivity contribution in [1.29, 1.82) is 0 Å². The minimum Gasteiger partial charge on any atom is -0.484 e. The molecule has 1 radical (unpaired) electrons. The zero-order chi connectivity index (χ0) is 4.12. The van der Waals surface area contributed by atoms with Gasteiger partial charge >= 0.3 is 15.9 Å². The maximum absolute atomic E-state index is 4.61. The molecule has 0 N–H and O–H groups in total. The van der Waals surface area contributed by atoms with Gasteiger partial charge in [0.2, 0.25) is 0 Å². The summed E-state index contributed by atoms with van der Waals surface area (Å²) in [5.74, 6) is 0. The van der Waals surface area contributed by atoms with E-state index < -0.39 is 15.9 Å². The number of hydrogen-bond acceptors (Lipinski definition) is 2. The molecule has 0 spiro atoms. The summed E-state index contributed by atoms with van der Waals surface area (Å²) in [5.41, 5.74) is 0. The summed E-state index contributed by atoms with van der Waals surface area (Å²) >= 11 is -0.568. The van der Waals surface area contributed by atoms with Gasteiger partial charge in [0.05, 0.1) is 0 Å². The van der Waals surface area contributed by atoms with E-state index in [1.54, 1.807) is 14.2 Å². The Morgan fingerprint density at radius 1 is 1.17 bits per heavy atom. The van der Waals surface area contributed by atoms with Crippen LogP contribution in [0.2, 0.25) is 0 Å². The summed E-state index contributed by atoms with van der Waals surface area (Å²) in [6.07, 6.45) is 0. The van der Waals surface area contributed by atoms with Crippen LogP contribution in [-0.2, 0) is 7.58 Å². The summed E-state index contributed by atoms with van der Waals surface area (Å²) in [4.78, 5) is 0. The monoisotopic (exact) mass is 97.0 g/mol. The van der Waals surface area contributed by atoms with Crippen LogP contribution in [0.4, 0.5) is 0 Å². The molecule has 0 aromatic heterocycles. The minimum absolute atomic E-state index is 0. The van der Waals surface area contributed by atoms with E-state index in [4.69, 9.17) is 0 Å². The van der Waals surface area contributed by atoms with Crippen molar-refractivity contribution < 1.29 is 7.58 Å². The molecule has 0 saturated heterocycles. The smallest absolute Gasteiger partial charge is 0.484 e. The van der Waals surface area contributed by atoms with Crippen LogP contribution in [0.5, 0.6) is 0 Å². The first-order chi connectivity index (χ1) is 2.41. The normalized spacial score (nSPS) is 6.33. The zero-order valence-electron chi connectivity index (χ0n) is 4.52. The van der Waals surface area contributed by atoms with Gasteiger partial charge in [-0.15, -0.1) is 0 Å². The van der Waals surface area contributed by atoms with Crippen molar-refractivity contribution in [3.63, 3.8) is 0 Å². The van der Waals surface area contributed by atoms with E-state index in [0.29, 0.717) is 0 Å². The summed E-state index contributed by atoms with van der Waals surface area (Å²) in [5, 5.41) is 0. The van der Waals surface area contributed by atoms with Gasteiger partial charge in [-0.05, 0) is 0 Å². The molecular formula is C2H7AlLiO2. The Kier molecular flexibility index (Phi) is 15.9. The van der Waals surface area contributed by atoms with Crippen LogP contribution in [0.15, 0.2) is 0 Å². The molecule has 0 aromatic carbocycles. The van der Waals surface area contributed by atoms with Gasteiger partial charge in [-0.25, -0.2) is 0 Å². The van der Waals surface area contributed by atoms with Gasteiger partial charge in [-0.2, -0.15) is 0 Å². The van der Waals surface area contributed by atoms with Crippen LogP contribution >= 0.6 is 0 Å². The van der Waals surface area contributed by atoms with Crippen molar-refractivity contribution in [2.24, 2.45) is 0 Å². The van der Waals surface area contributed by atoms with Crippen molar-refractivity contribution in [3.05, 3.63) is 0 Å². The number of hydrogen-bond donors (Lipinski definition) is 0. The Bertz CT molecular complexity index is 19.0. The molecule has 2 nitrogen and oxygen atoms in total. The van der Waals surface area contributed by atoms with E-state index in [9.17, 15) is 0 Å². The zero-order valence-corrected chi connectivity index (χ0v) is 5.94. The van der Waals surface area contributed by atoms with Crippen LogP contribution in [-0.4, -0.2) is 49.0 Å². The van der Waals surface area contributed by atoms with Gasteiger partial charge in [-0.1, -0.05) is 0 Å². The van der Waals surface area contributed by atoms with Crippen LogP contribution in [0.1, 0.15) is 0 Å². The standard InChI is InChI=1S/2CH3O.Al.Li.H/c2*1-2;;;/h2*1H3;;;/q2*-1;+2;;. The van der Waals surface area contributed by atoms with Crippen molar-refractivity contribution in [3.8, 4) is 0 Å². The molecule has 0 bridgehead atoms. The Balaban J connectivity index is 0. The molecule has 0 aliphatic carbocycles. The molecule has 0 aliphatic rings. The molecule has 6 heavy (non-hydrogen) atoms. The van der Waals surface area contributed by atoms with Gasteiger partial charge in [-0.3, -0.25) is 0 Å². The summed E-state index contributed by atoms with van der Waals surface area (Å²) in [6, 6.07) is 0.